The number of nitrogens with zero attached hydrogens (tertiary/aromatic N) is 1. The van der Waals surface area contributed by atoms with Crippen molar-refractivity contribution in [3.63, 3.8) is 0 Å². The first kappa shape index (κ1) is 21.6. The van der Waals surface area contributed by atoms with E-state index < -0.39 is 0 Å². The fourth-order valence-electron chi connectivity index (χ4n) is 4.77. The van der Waals surface area contributed by atoms with Crippen molar-refractivity contribution in [3.05, 3.63) is 102 Å². The number of hydrogen-bond donors (Lipinski definition) is 2. The van der Waals surface area contributed by atoms with Gasteiger partial charge >= 0.3 is 0 Å². The third-order valence-electron chi connectivity index (χ3n) is 6.76. The van der Waals surface area contributed by atoms with E-state index in [1.165, 1.54) is 29.7 Å². The van der Waals surface area contributed by atoms with Crippen molar-refractivity contribution in [1.82, 2.24) is 10.2 Å². The second kappa shape index (κ2) is 9.32. The molecule has 1 aliphatic carbocycles. The zero-order valence-electron chi connectivity index (χ0n) is 19.7. The van der Waals surface area contributed by atoms with E-state index in [-0.39, 0.29) is 12.3 Å². The molecule has 5 rings (SSSR count). The summed E-state index contributed by atoms with van der Waals surface area (Å²) < 4.78 is 6.11. The second-order valence-corrected chi connectivity index (χ2v) is 9.38. The Bertz CT molecular complexity index is 1120. The molecule has 0 bridgehead atoms. The van der Waals surface area contributed by atoms with E-state index in [9.17, 15) is 0 Å². The molecule has 0 amide bonds. The monoisotopic (exact) mass is 439 g/mol. The van der Waals surface area contributed by atoms with Gasteiger partial charge in [0.1, 0.15) is 23.8 Å². The van der Waals surface area contributed by atoms with Crippen LogP contribution in [0.25, 0.3) is 0 Å². The molecular formula is C29H33N3O. The van der Waals surface area contributed by atoms with Gasteiger partial charge in [-0.05, 0) is 74.5 Å². The van der Waals surface area contributed by atoms with Crippen molar-refractivity contribution in [3.8, 4) is 11.5 Å². The molecule has 1 saturated carbocycles. The molecule has 4 nitrogen and oxygen atoms in total. The Labute approximate surface area is 197 Å². The molecule has 0 saturated heterocycles. The first-order chi connectivity index (χ1) is 16.1. The van der Waals surface area contributed by atoms with Gasteiger partial charge in [-0.3, -0.25) is 4.90 Å². The number of rotatable bonds is 7. The third-order valence-corrected chi connectivity index (χ3v) is 6.76. The van der Waals surface area contributed by atoms with Crippen molar-refractivity contribution < 1.29 is 4.74 Å². The summed E-state index contributed by atoms with van der Waals surface area (Å²) in [6.07, 6.45) is 5.23. The Morgan fingerprint density at radius 2 is 1.73 bits per heavy atom. The van der Waals surface area contributed by atoms with Crippen LogP contribution in [0.4, 0.5) is 5.69 Å². The highest BCUT2D eigenvalue weighted by Gasteiger charge is 2.33. The molecule has 1 fully saturated rings. The number of ether oxygens (including phenoxy) is 1. The molecule has 0 aromatic heterocycles. The van der Waals surface area contributed by atoms with Crippen LogP contribution in [0.1, 0.15) is 50.1 Å². The van der Waals surface area contributed by atoms with Crippen molar-refractivity contribution in [2.45, 2.75) is 39.0 Å². The average Bonchev–Trinajstić information content (AvgIpc) is 3.67. The van der Waals surface area contributed by atoms with E-state index in [2.05, 4.69) is 85.0 Å². The quantitative estimate of drug-likeness (QED) is 0.413. The summed E-state index contributed by atoms with van der Waals surface area (Å²) in [5, 5.41) is 7.55. The SMILES string of the molecule is C/C(=C\C(C)C1CC1)NC1c2ccccc2NC(c2cccc(Oc3ccccc3)c2)N1C. The Hall–Kier alpha value is -3.24. The zero-order chi connectivity index (χ0) is 22.8. The Morgan fingerprint density at radius 1 is 1.00 bits per heavy atom. The van der Waals surface area contributed by atoms with E-state index >= 15 is 0 Å². The van der Waals surface area contributed by atoms with Gasteiger partial charge in [-0.1, -0.05) is 61.5 Å². The fraction of sp³-hybridized carbons (Fsp3) is 0.310. The lowest BCUT2D eigenvalue weighted by Gasteiger charge is -2.43. The van der Waals surface area contributed by atoms with Gasteiger partial charge in [0.2, 0.25) is 0 Å². The topological polar surface area (TPSA) is 36.5 Å². The van der Waals surface area contributed by atoms with Crippen LogP contribution in [-0.4, -0.2) is 11.9 Å². The predicted molar refractivity (Wildman–Crippen MR) is 135 cm³/mol. The zero-order valence-corrected chi connectivity index (χ0v) is 19.7. The molecule has 3 aromatic rings. The van der Waals surface area contributed by atoms with Gasteiger partial charge in [-0.25, -0.2) is 0 Å². The smallest absolute Gasteiger partial charge is 0.127 e. The van der Waals surface area contributed by atoms with Gasteiger partial charge in [0.15, 0.2) is 0 Å². The largest absolute Gasteiger partial charge is 0.457 e. The molecule has 2 N–H and O–H groups in total. The molecule has 0 radical (unpaired) electrons. The maximum absolute atomic E-state index is 6.11. The average molecular weight is 440 g/mol. The van der Waals surface area contributed by atoms with E-state index in [1.807, 2.05) is 36.4 Å². The van der Waals surface area contributed by atoms with E-state index in [4.69, 9.17) is 4.74 Å². The first-order valence-electron chi connectivity index (χ1n) is 11.9. The first-order valence-corrected chi connectivity index (χ1v) is 11.9. The van der Waals surface area contributed by atoms with Crippen molar-refractivity contribution in [2.24, 2.45) is 11.8 Å². The lowest BCUT2D eigenvalue weighted by atomic mass is 10.0. The van der Waals surface area contributed by atoms with Crippen LogP contribution < -0.4 is 15.4 Å². The number of benzene rings is 3. The summed E-state index contributed by atoms with van der Waals surface area (Å²) in [7, 11) is 2.17. The van der Waals surface area contributed by atoms with Gasteiger partial charge in [0.25, 0.3) is 0 Å². The van der Waals surface area contributed by atoms with Crippen molar-refractivity contribution in [1.29, 1.82) is 0 Å². The van der Waals surface area contributed by atoms with Gasteiger partial charge in [-0.15, -0.1) is 0 Å². The van der Waals surface area contributed by atoms with Gasteiger partial charge in [0, 0.05) is 16.9 Å². The number of fused-ring (bicyclic) bond motifs is 1. The Morgan fingerprint density at radius 3 is 2.52 bits per heavy atom. The minimum Gasteiger partial charge on any atom is -0.457 e. The second-order valence-electron chi connectivity index (χ2n) is 9.38. The maximum Gasteiger partial charge on any atom is 0.127 e. The molecule has 1 heterocycles. The van der Waals surface area contributed by atoms with Crippen LogP contribution in [0.2, 0.25) is 0 Å². The van der Waals surface area contributed by atoms with Gasteiger partial charge in [0.05, 0.1) is 0 Å². The van der Waals surface area contributed by atoms with E-state index in [0.29, 0.717) is 5.92 Å². The molecular weight excluding hydrogens is 406 g/mol. The third kappa shape index (κ3) is 4.91. The minimum atomic E-state index is 0.0189. The molecule has 170 valence electrons. The minimum absolute atomic E-state index is 0.0189. The summed E-state index contributed by atoms with van der Waals surface area (Å²) in [6.45, 7) is 4.53. The number of allylic oxidation sites excluding steroid dienone is 2. The van der Waals surface area contributed by atoms with E-state index in [0.717, 1.165) is 23.1 Å². The molecule has 33 heavy (non-hydrogen) atoms. The van der Waals surface area contributed by atoms with Crippen LogP contribution in [0.15, 0.2) is 90.6 Å². The van der Waals surface area contributed by atoms with Crippen LogP contribution in [0.3, 0.4) is 0 Å². The highest BCUT2D eigenvalue weighted by molar-refractivity contribution is 5.56. The summed E-state index contributed by atoms with van der Waals surface area (Å²) in [5.41, 5.74) is 4.83. The lowest BCUT2D eigenvalue weighted by Crippen LogP contribution is -2.44. The summed E-state index contributed by atoms with van der Waals surface area (Å²) in [5.74, 6) is 3.17. The molecule has 1 aliphatic heterocycles. The highest BCUT2D eigenvalue weighted by Crippen LogP contribution is 2.40. The van der Waals surface area contributed by atoms with Crippen LogP contribution in [0, 0.1) is 11.8 Å². The Kier molecular flexibility index (Phi) is 6.10. The number of nitrogens with one attached hydrogen (secondary N) is 2. The molecule has 3 aromatic carbocycles. The highest BCUT2D eigenvalue weighted by atomic mass is 16.5. The van der Waals surface area contributed by atoms with Crippen LogP contribution >= 0.6 is 0 Å². The molecule has 4 heteroatoms. The number of hydrogen-bond acceptors (Lipinski definition) is 4. The molecule has 3 atom stereocenters. The van der Waals surface area contributed by atoms with Crippen molar-refractivity contribution >= 4 is 5.69 Å². The Balaban J connectivity index is 1.41. The van der Waals surface area contributed by atoms with E-state index in [1.54, 1.807) is 0 Å². The van der Waals surface area contributed by atoms with Crippen LogP contribution in [0.5, 0.6) is 11.5 Å². The van der Waals surface area contributed by atoms with Gasteiger partial charge < -0.3 is 15.4 Å². The predicted octanol–water partition coefficient (Wildman–Crippen LogP) is 7.07. The lowest BCUT2D eigenvalue weighted by molar-refractivity contribution is 0.159. The number of para-hydroxylation sites is 2. The van der Waals surface area contributed by atoms with Crippen LogP contribution in [-0.2, 0) is 0 Å². The summed E-state index contributed by atoms with van der Waals surface area (Å²) >= 11 is 0. The molecule has 2 aliphatic rings. The molecule has 3 unspecified atom stereocenters. The van der Waals surface area contributed by atoms with Gasteiger partial charge in [-0.2, -0.15) is 0 Å². The fourth-order valence-corrected chi connectivity index (χ4v) is 4.77. The maximum atomic E-state index is 6.11. The summed E-state index contributed by atoms with van der Waals surface area (Å²) in [6, 6.07) is 26.9. The standard InChI is InChI=1S/C29H33N3O/c1-20(22-16-17-22)18-21(2)30-29-26-14-7-8-15-27(26)31-28(32(29)3)23-10-9-13-25(19-23)33-24-11-5-4-6-12-24/h4-15,18-20,22,28-31H,16-17H2,1-3H3/b21-18+. The van der Waals surface area contributed by atoms with Crippen molar-refractivity contribution in [2.75, 3.05) is 12.4 Å². The normalized spacial score (nSPS) is 21.6. The number of anilines is 1. The summed E-state index contributed by atoms with van der Waals surface area (Å²) in [4.78, 5) is 2.36. The molecule has 0 spiro atoms.